The quantitative estimate of drug-likeness (QED) is 0.666. The normalized spacial score (nSPS) is 20.1. The first-order valence-electron chi connectivity index (χ1n) is 5.21. The standard InChI is InChI=1S/C11H8F4O5/c1-18-9(17)8(16)5-2-3-6-7(4-5)20-11(14,15)10(12,13)19-6/h2-4,8,16H,1H3. The summed E-state index contributed by atoms with van der Waals surface area (Å²) in [6, 6.07) is 2.71. The van der Waals surface area contributed by atoms with Crippen molar-refractivity contribution in [1.82, 2.24) is 0 Å². The first kappa shape index (κ1) is 14.4. The smallest absolute Gasteiger partial charge is 0.467 e. The van der Waals surface area contributed by atoms with Gasteiger partial charge in [-0.1, -0.05) is 6.07 Å². The molecule has 20 heavy (non-hydrogen) atoms. The maximum atomic E-state index is 13.0. The minimum atomic E-state index is -4.87. The molecular weight excluding hydrogens is 288 g/mol. The Morgan fingerprint density at radius 3 is 2.30 bits per heavy atom. The summed E-state index contributed by atoms with van der Waals surface area (Å²) in [4.78, 5) is 11.1. The summed E-state index contributed by atoms with van der Waals surface area (Å²) >= 11 is 0. The highest BCUT2D eigenvalue weighted by atomic mass is 19.3. The van der Waals surface area contributed by atoms with Crippen molar-refractivity contribution in [2.75, 3.05) is 7.11 Å². The Balaban J connectivity index is 2.37. The van der Waals surface area contributed by atoms with Crippen molar-refractivity contribution in [2.45, 2.75) is 18.3 Å². The number of hydrogen-bond donors (Lipinski definition) is 1. The van der Waals surface area contributed by atoms with E-state index in [1.165, 1.54) is 0 Å². The molecule has 5 nitrogen and oxygen atoms in total. The lowest BCUT2D eigenvalue weighted by Crippen LogP contribution is -2.52. The molecule has 1 atom stereocenters. The van der Waals surface area contributed by atoms with Crippen molar-refractivity contribution in [3.8, 4) is 11.5 Å². The maximum absolute atomic E-state index is 13.0. The number of aliphatic hydroxyl groups excluding tert-OH is 1. The van der Waals surface area contributed by atoms with Gasteiger partial charge in [0.1, 0.15) is 0 Å². The van der Waals surface area contributed by atoms with Crippen LogP contribution in [0, 0.1) is 0 Å². The number of fused-ring (bicyclic) bond motifs is 1. The van der Waals surface area contributed by atoms with E-state index in [9.17, 15) is 27.5 Å². The van der Waals surface area contributed by atoms with Crippen LogP contribution in [0.2, 0.25) is 0 Å². The number of ether oxygens (including phenoxy) is 3. The number of aliphatic hydroxyl groups is 1. The Hall–Kier alpha value is -2.03. The Morgan fingerprint density at radius 2 is 1.75 bits per heavy atom. The third kappa shape index (κ3) is 2.24. The molecule has 1 aromatic rings. The number of rotatable bonds is 2. The SMILES string of the molecule is COC(=O)C(O)c1ccc2c(c1)OC(F)(F)C(F)(F)O2. The molecule has 0 radical (unpaired) electrons. The van der Waals surface area contributed by atoms with E-state index < -0.39 is 35.8 Å². The van der Waals surface area contributed by atoms with E-state index in [-0.39, 0.29) is 5.56 Å². The molecule has 1 N–H and O–H groups in total. The predicted molar refractivity (Wildman–Crippen MR) is 54.6 cm³/mol. The van der Waals surface area contributed by atoms with Crippen LogP contribution in [0.1, 0.15) is 11.7 Å². The third-order valence-corrected chi connectivity index (χ3v) is 2.52. The van der Waals surface area contributed by atoms with Crippen LogP contribution in [-0.4, -0.2) is 30.4 Å². The minimum Gasteiger partial charge on any atom is -0.467 e. The number of carbonyl (C=O) groups excluding carboxylic acids is 1. The highest BCUT2D eigenvalue weighted by Crippen LogP contribution is 2.47. The van der Waals surface area contributed by atoms with Crippen molar-refractivity contribution >= 4 is 5.97 Å². The van der Waals surface area contributed by atoms with Gasteiger partial charge >= 0.3 is 18.2 Å². The predicted octanol–water partition coefficient (Wildman–Crippen LogP) is 1.85. The fourth-order valence-electron chi connectivity index (χ4n) is 1.50. The molecule has 0 fully saturated rings. The lowest BCUT2D eigenvalue weighted by molar-refractivity contribution is -0.391. The van der Waals surface area contributed by atoms with Crippen molar-refractivity contribution in [2.24, 2.45) is 0 Å². The molecule has 1 aromatic carbocycles. The first-order chi connectivity index (χ1) is 9.18. The number of hydrogen-bond acceptors (Lipinski definition) is 5. The molecule has 0 aromatic heterocycles. The average Bonchev–Trinajstić information content (AvgIpc) is 2.37. The van der Waals surface area contributed by atoms with Gasteiger partial charge in [0.25, 0.3) is 0 Å². The zero-order valence-electron chi connectivity index (χ0n) is 9.90. The van der Waals surface area contributed by atoms with Crippen LogP contribution < -0.4 is 9.47 Å². The summed E-state index contributed by atoms with van der Waals surface area (Å²) in [6.45, 7) is 0. The second-order valence-electron chi connectivity index (χ2n) is 3.87. The lowest BCUT2D eigenvalue weighted by atomic mass is 10.1. The Labute approximate surface area is 109 Å². The average molecular weight is 296 g/mol. The number of methoxy groups -OCH3 is 1. The molecule has 0 aliphatic carbocycles. The van der Waals surface area contributed by atoms with Gasteiger partial charge in [-0.2, -0.15) is 17.6 Å². The summed E-state index contributed by atoms with van der Waals surface area (Å²) in [5, 5.41) is 9.52. The highest BCUT2D eigenvalue weighted by Gasteiger charge is 2.65. The molecule has 1 heterocycles. The zero-order valence-corrected chi connectivity index (χ0v) is 9.90. The largest absolute Gasteiger partial charge is 0.507 e. The number of esters is 1. The van der Waals surface area contributed by atoms with Gasteiger partial charge in [-0.3, -0.25) is 0 Å². The minimum absolute atomic E-state index is 0.166. The summed E-state index contributed by atoms with van der Waals surface area (Å²) in [6.07, 6.45) is -11.4. The van der Waals surface area contributed by atoms with Gasteiger partial charge < -0.3 is 19.3 Å². The molecule has 0 bridgehead atoms. The molecule has 0 saturated carbocycles. The van der Waals surface area contributed by atoms with E-state index >= 15 is 0 Å². The van der Waals surface area contributed by atoms with E-state index in [4.69, 9.17) is 0 Å². The van der Waals surface area contributed by atoms with Crippen molar-refractivity contribution in [1.29, 1.82) is 0 Å². The van der Waals surface area contributed by atoms with E-state index in [1.807, 2.05) is 0 Å². The van der Waals surface area contributed by atoms with Gasteiger partial charge in [-0.25, -0.2) is 4.79 Å². The molecule has 1 aliphatic rings. The van der Waals surface area contributed by atoms with Gasteiger partial charge in [-0.05, 0) is 17.7 Å². The summed E-state index contributed by atoms with van der Waals surface area (Å²) in [5.74, 6) is -2.40. The summed E-state index contributed by atoms with van der Waals surface area (Å²) < 4.78 is 63.7. The molecule has 0 saturated heterocycles. The molecule has 1 unspecified atom stereocenters. The Morgan fingerprint density at radius 1 is 1.20 bits per heavy atom. The van der Waals surface area contributed by atoms with Gasteiger partial charge in [-0.15, -0.1) is 0 Å². The number of benzene rings is 1. The van der Waals surface area contributed by atoms with Crippen LogP contribution in [0.4, 0.5) is 17.6 Å². The van der Waals surface area contributed by atoms with Crippen molar-refractivity contribution < 1.29 is 41.7 Å². The van der Waals surface area contributed by atoms with Gasteiger partial charge in [0.05, 0.1) is 7.11 Å². The van der Waals surface area contributed by atoms with Crippen molar-refractivity contribution in [3.05, 3.63) is 23.8 Å². The monoisotopic (exact) mass is 296 g/mol. The molecule has 110 valence electrons. The Bertz CT molecular complexity index is 546. The number of alkyl halides is 4. The van der Waals surface area contributed by atoms with Crippen LogP contribution in [-0.2, 0) is 9.53 Å². The number of carbonyl (C=O) groups is 1. The molecule has 2 rings (SSSR count). The second kappa shape index (κ2) is 4.51. The first-order valence-corrected chi connectivity index (χ1v) is 5.21. The lowest BCUT2D eigenvalue weighted by Gasteiger charge is -2.32. The summed E-state index contributed by atoms with van der Waals surface area (Å²) in [5.41, 5.74) is -0.166. The molecule has 0 spiro atoms. The molecule has 0 amide bonds. The van der Waals surface area contributed by atoms with E-state index in [2.05, 4.69) is 14.2 Å². The topological polar surface area (TPSA) is 65.0 Å². The van der Waals surface area contributed by atoms with Crippen LogP contribution in [0.5, 0.6) is 11.5 Å². The van der Waals surface area contributed by atoms with E-state index in [1.54, 1.807) is 0 Å². The zero-order chi connectivity index (χ0) is 15.1. The fraction of sp³-hybridized carbons (Fsp3) is 0.364. The third-order valence-electron chi connectivity index (χ3n) is 2.52. The van der Waals surface area contributed by atoms with E-state index in [0.29, 0.717) is 0 Å². The summed E-state index contributed by atoms with van der Waals surface area (Å²) in [7, 11) is 1.01. The Kier molecular flexibility index (Phi) is 3.24. The second-order valence-corrected chi connectivity index (χ2v) is 3.87. The maximum Gasteiger partial charge on any atom is 0.507 e. The van der Waals surface area contributed by atoms with Crippen LogP contribution >= 0.6 is 0 Å². The van der Waals surface area contributed by atoms with Gasteiger partial charge in [0.15, 0.2) is 17.6 Å². The van der Waals surface area contributed by atoms with Crippen LogP contribution in [0.3, 0.4) is 0 Å². The molecule has 1 aliphatic heterocycles. The van der Waals surface area contributed by atoms with Gasteiger partial charge in [0, 0.05) is 0 Å². The van der Waals surface area contributed by atoms with Crippen LogP contribution in [0.25, 0.3) is 0 Å². The van der Waals surface area contributed by atoms with E-state index in [0.717, 1.165) is 25.3 Å². The highest BCUT2D eigenvalue weighted by molar-refractivity contribution is 5.76. The van der Waals surface area contributed by atoms with Crippen LogP contribution in [0.15, 0.2) is 18.2 Å². The fourth-order valence-corrected chi connectivity index (χ4v) is 1.50. The molecule has 9 heteroatoms. The number of halogens is 4. The van der Waals surface area contributed by atoms with Gasteiger partial charge in [0.2, 0.25) is 0 Å². The molecular formula is C11H8F4O5. The van der Waals surface area contributed by atoms with Crippen molar-refractivity contribution in [3.63, 3.8) is 0 Å².